The quantitative estimate of drug-likeness (QED) is 0.365. The summed E-state index contributed by atoms with van der Waals surface area (Å²) in [5.74, 6) is 0. The lowest BCUT2D eigenvalue weighted by Crippen LogP contribution is -2.15. The second-order valence-corrected chi connectivity index (χ2v) is 4.29. The fraction of sp³-hybridized carbons (Fsp3) is 0. The minimum Gasteiger partial charge on any atom is -0.410 e. The second-order valence-electron chi connectivity index (χ2n) is 4.29. The molecule has 0 unspecified atom stereocenters. The van der Waals surface area contributed by atoms with Crippen LogP contribution in [0.2, 0.25) is 0 Å². The highest BCUT2D eigenvalue weighted by Gasteiger charge is 2.29. The third kappa shape index (κ3) is 1.12. The summed E-state index contributed by atoms with van der Waals surface area (Å²) in [5, 5.41) is 12.7. The Balaban J connectivity index is 2.26. The number of hydrogen-bond donors (Lipinski definition) is 2. The molecular formula is C13H8N4O2. The van der Waals surface area contributed by atoms with Gasteiger partial charge in [-0.25, -0.2) is 4.98 Å². The van der Waals surface area contributed by atoms with Crippen LogP contribution in [-0.4, -0.2) is 25.3 Å². The molecule has 0 atom stereocenters. The van der Waals surface area contributed by atoms with Crippen molar-refractivity contribution in [3.63, 3.8) is 0 Å². The normalized spacial score (nSPS) is 14.8. The molecule has 0 aliphatic heterocycles. The van der Waals surface area contributed by atoms with E-state index in [1.807, 2.05) is 24.3 Å². The summed E-state index contributed by atoms with van der Waals surface area (Å²) in [5.41, 5.74) is 3.39. The lowest BCUT2D eigenvalue weighted by molar-refractivity contribution is 0.319. The zero-order chi connectivity index (χ0) is 13.0. The zero-order valence-electron chi connectivity index (χ0n) is 9.66. The zero-order valence-corrected chi connectivity index (χ0v) is 9.66. The summed E-state index contributed by atoms with van der Waals surface area (Å²) < 4.78 is 1.64. The van der Waals surface area contributed by atoms with Crippen molar-refractivity contribution in [3.05, 3.63) is 58.3 Å². The molecule has 1 aliphatic carbocycles. The monoisotopic (exact) mass is 252 g/mol. The first-order valence-electron chi connectivity index (χ1n) is 5.73. The van der Waals surface area contributed by atoms with Crippen molar-refractivity contribution in [2.24, 2.45) is 5.16 Å². The van der Waals surface area contributed by atoms with Gasteiger partial charge < -0.3 is 10.2 Å². The van der Waals surface area contributed by atoms with Crippen LogP contribution in [0.5, 0.6) is 0 Å². The molecule has 0 spiro atoms. The van der Waals surface area contributed by atoms with E-state index >= 15 is 0 Å². The van der Waals surface area contributed by atoms with Gasteiger partial charge in [0.25, 0.3) is 5.56 Å². The van der Waals surface area contributed by atoms with Crippen LogP contribution in [0.15, 0.2) is 46.6 Å². The molecule has 0 amide bonds. The molecule has 19 heavy (non-hydrogen) atoms. The number of nitrogens with one attached hydrogen (secondary N) is 1. The van der Waals surface area contributed by atoms with E-state index in [-0.39, 0.29) is 11.2 Å². The van der Waals surface area contributed by atoms with Crippen LogP contribution in [0.25, 0.3) is 16.9 Å². The average molecular weight is 252 g/mol. The minimum atomic E-state index is -0.266. The predicted molar refractivity (Wildman–Crippen MR) is 68.7 cm³/mol. The van der Waals surface area contributed by atoms with Crippen molar-refractivity contribution >= 4 is 11.4 Å². The number of hydrogen-bond acceptors (Lipinski definition) is 4. The molecule has 0 fully saturated rings. The molecule has 2 N–H and O–H groups in total. The summed E-state index contributed by atoms with van der Waals surface area (Å²) in [6.45, 7) is 0. The largest absolute Gasteiger partial charge is 0.410 e. The van der Waals surface area contributed by atoms with E-state index in [0.29, 0.717) is 17.1 Å². The van der Waals surface area contributed by atoms with Gasteiger partial charge in [-0.15, -0.1) is 0 Å². The van der Waals surface area contributed by atoms with Crippen LogP contribution < -0.4 is 5.56 Å². The summed E-state index contributed by atoms with van der Waals surface area (Å²) in [7, 11) is 0. The van der Waals surface area contributed by atoms with Gasteiger partial charge in [0.15, 0.2) is 0 Å². The van der Waals surface area contributed by atoms with Gasteiger partial charge in [-0.05, 0) is 0 Å². The van der Waals surface area contributed by atoms with E-state index in [2.05, 4.69) is 15.1 Å². The van der Waals surface area contributed by atoms with Crippen molar-refractivity contribution in [1.29, 1.82) is 0 Å². The van der Waals surface area contributed by atoms with Crippen LogP contribution in [0.1, 0.15) is 11.3 Å². The molecule has 6 nitrogen and oxygen atoms in total. The number of benzene rings is 1. The Kier molecular flexibility index (Phi) is 1.76. The van der Waals surface area contributed by atoms with Crippen molar-refractivity contribution in [1.82, 2.24) is 14.4 Å². The number of aromatic amines is 1. The maximum absolute atomic E-state index is 12.0. The Morgan fingerprint density at radius 2 is 2.05 bits per heavy atom. The Morgan fingerprint density at radius 1 is 1.26 bits per heavy atom. The van der Waals surface area contributed by atoms with E-state index in [9.17, 15) is 10.0 Å². The fourth-order valence-electron chi connectivity index (χ4n) is 2.56. The van der Waals surface area contributed by atoms with Crippen molar-refractivity contribution < 1.29 is 5.21 Å². The Bertz CT molecular complexity index is 904. The molecule has 2 heterocycles. The van der Waals surface area contributed by atoms with E-state index < -0.39 is 0 Å². The highest BCUT2D eigenvalue weighted by molar-refractivity contribution is 6.22. The summed E-state index contributed by atoms with van der Waals surface area (Å²) in [6, 6.07) is 7.47. The lowest BCUT2D eigenvalue weighted by Gasteiger charge is -2.03. The Morgan fingerprint density at radius 3 is 2.84 bits per heavy atom. The first kappa shape index (κ1) is 10.1. The van der Waals surface area contributed by atoms with Gasteiger partial charge in [0.2, 0.25) is 5.65 Å². The third-order valence-electron chi connectivity index (χ3n) is 3.34. The smallest absolute Gasteiger partial charge is 0.292 e. The molecule has 2 aromatic heterocycles. The molecule has 6 heteroatoms. The predicted octanol–water partition coefficient (Wildman–Crippen LogP) is 1.23. The third-order valence-corrected chi connectivity index (χ3v) is 3.34. The van der Waals surface area contributed by atoms with Gasteiger partial charge in [-0.2, -0.15) is 0 Å². The number of oxime groups is 1. The highest BCUT2D eigenvalue weighted by Crippen LogP contribution is 2.34. The molecule has 3 aromatic rings. The molecule has 1 aromatic carbocycles. The SMILES string of the molecule is O=c1[nH]c2c(n3ccnc13)C(=NO)c1ccccc1-2. The molecule has 0 saturated carbocycles. The van der Waals surface area contributed by atoms with Crippen molar-refractivity contribution in [2.75, 3.05) is 0 Å². The molecule has 0 saturated heterocycles. The summed E-state index contributed by atoms with van der Waals surface area (Å²) in [4.78, 5) is 18.8. The fourth-order valence-corrected chi connectivity index (χ4v) is 2.56. The molecule has 1 aliphatic rings. The van der Waals surface area contributed by atoms with Gasteiger partial charge in [-0.3, -0.25) is 9.20 Å². The van der Waals surface area contributed by atoms with Crippen LogP contribution in [0.3, 0.4) is 0 Å². The minimum absolute atomic E-state index is 0.266. The number of aromatic nitrogens is 3. The second kappa shape index (κ2) is 3.32. The van der Waals surface area contributed by atoms with Crippen molar-refractivity contribution in [3.8, 4) is 11.3 Å². The number of nitrogens with zero attached hydrogens (tertiary/aromatic N) is 3. The van der Waals surface area contributed by atoms with E-state index in [1.165, 1.54) is 0 Å². The number of imidazole rings is 1. The highest BCUT2D eigenvalue weighted by atomic mass is 16.4. The maximum atomic E-state index is 12.0. The van der Waals surface area contributed by atoms with Crippen LogP contribution >= 0.6 is 0 Å². The topological polar surface area (TPSA) is 82.8 Å². The molecular weight excluding hydrogens is 244 g/mol. The van der Waals surface area contributed by atoms with E-state index in [4.69, 9.17) is 0 Å². The van der Waals surface area contributed by atoms with Crippen LogP contribution in [0.4, 0.5) is 0 Å². The number of H-pyrrole nitrogens is 1. The molecule has 92 valence electrons. The summed E-state index contributed by atoms with van der Waals surface area (Å²) >= 11 is 0. The summed E-state index contributed by atoms with van der Waals surface area (Å²) in [6.07, 6.45) is 3.23. The van der Waals surface area contributed by atoms with Gasteiger partial charge in [-0.1, -0.05) is 29.4 Å². The maximum Gasteiger partial charge on any atom is 0.292 e. The average Bonchev–Trinajstić information content (AvgIpc) is 3.01. The first-order valence-corrected chi connectivity index (χ1v) is 5.73. The van der Waals surface area contributed by atoms with E-state index in [1.54, 1.807) is 16.8 Å². The molecule has 0 radical (unpaired) electrons. The van der Waals surface area contributed by atoms with E-state index in [0.717, 1.165) is 11.1 Å². The van der Waals surface area contributed by atoms with Gasteiger partial charge >= 0.3 is 0 Å². The standard InChI is InChI=1S/C13H8N4O2/c18-13-12-14-5-6-17(12)11-9(15-13)7-3-1-2-4-8(7)10(11)16-19/h1-6,19H,(H,15,18). The molecule has 4 rings (SSSR count). The first-order chi connectivity index (χ1) is 9.31. The number of fused-ring (bicyclic) bond motifs is 5. The number of rotatable bonds is 0. The van der Waals surface area contributed by atoms with Gasteiger partial charge in [0.1, 0.15) is 11.4 Å². The van der Waals surface area contributed by atoms with Crippen molar-refractivity contribution in [2.45, 2.75) is 0 Å². The Labute approximate surface area is 106 Å². The van der Waals surface area contributed by atoms with Crippen LogP contribution in [0, 0.1) is 0 Å². The van der Waals surface area contributed by atoms with Gasteiger partial charge in [0, 0.05) is 23.5 Å². The molecule has 0 bridgehead atoms. The lowest BCUT2D eigenvalue weighted by atomic mass is 10.1. The van der Waals surface area contributed by atoms with Crippen LogP contribution in [-0.2, 0) is 0 Å². The van der Waals surface area contributed by atoms with Gasteiger partial charge in [0.05, 0.1) is 5.69 Å². The Hall–Kier alpha value is -2.89.